The molecule has 0 saturated carbocycles. The fourth-order valence-electron chi connectivity index (χ4n) is 3.59. The van der Waals surface area contributed by atoms with E-state index in [4.69, 9.17) is 11.6 Å². The molecule has 1 atom stereocenters. The van der Waals surface area contributed by atoms with Crippen LogP contribution >= 0.6 is 11.6 Å². The first-order valence-electron chi connectivity index (χ1n) is 9.39. The second kappa shape index (κ2) is 7.44. The fraction of sp³-hybridized carbons (Fsp3) is 0.0952. The third-order valence-corrected chi connectivity index (χ3v) is 5.34. The summed E-state index contributed by atoms with van der Waals surface area (Å²) in [6.45, 7) is 1.84. The van der Waals surface area contributed by atoms with E-state index in [0.717, 1.165) is 0 Å². The van der Waals surface area contributed by atoms with Gasteiger partial charge in [0.1, 0.15) is 23.3 Å². The SMILES string of the molecule is C[C@H](Nc1ncnc2[nH]cnc12)c1cc2cccc(Cl)c2c(=O)n1-c1cnccc1F. The topological polar surface area (TPSA) is 101 Å². The van der Waals surface area contributed by atoms with Crippen LogP contribution in [0, 0.1) is 5.82 Å². The molecule has 31 heavy (non-hydrogen) atoms. The van der Waals surface area contributed by atoms with Crippen molar-refractivity contribution < 1.29 is 4.39 Å². The number of benzene rings is 1. The van der Waals surface area contributed by atoms with Gasteiger partial charge < -0.3 is 10.3 Å². The Morgan fingerprint density at radius 2 is 2.10 bits per heavy atom. The van der Waals surface area contributed by atoms with Crippen molar-refractivity contribution in [2.45, 2.75) is 13.0 Å². The van der Waals surface area contributed by atoms with Gasteiger partial charge in [-0.2, -0.15) is 0 Å². The smallest absolute Gasteiger partial charge is 0.264 e. The van der Waals surface area contributed by atoms with Crippen LogP contribution in [0.5, 0.6) is 0 Å². The lowest BCUT2D eigenvalue weighted by Crippen LogP contribution is -2.26. The number of hydrogen-bond acceptors (Lipinski definition) is 6. The van der Waals surface area contributed by atoms with Crippen molar-refractivity contribution in [2.75, 3.05) is 5.32 Å². The molecule has 8 nitrogen and oxygen atoms in total. The molecule has 0 fully saturated rings. The first-order chi connectivity index (χ1) is 15.0. The number of fused-ring (bicyclic) bond motifs is 2. The molecule has 0 aliphatic carbocycles. The summed E-state index contributed by atoms with van der Waals surface area (Å²) < 4.78 is 16.0. The van der Waals surface area contributed by atoms with Gasteiger partial charge in [0.15, 0.2) is 11.5 Å². The Morgan fingerprint density at radius 1 is 1.23 bits per heavy atom. The quantitative estimate of drug-likeness (QED) is 0.442. The van der Waals surface area contributed by atoms with Crippen LogP contribution in [0.3, 0.4) is 0 Å². The third-order valence-electron chi connectivity index (χ3n) is 5.03. The van der Waals surface area contributed by atoms with Crippen LogP contribution in [0.2, 0.25) is 5.02 Å². The molecule has 0 saturated heterocycles. The molecule has 0 spiro atoms. The van der Waals surface area contributed by atoms with Gasteiger partial charge in [0, 0.05) is 11.9 Å². The Labute approximate surface area is 179 Å². The normalized spacial score (nSPS) is 12.4. The lowest BCUT2D eigenvalue weighted by Gasteiger charge is -2.21. The Balaban J connectivity index is 1.74. The molecule has 4 heterocycles. The van der Waals surface area contributed by atoms with E-state index in [1.54, 1.807) is 24.3 Å². The van der Waals surface area contributed by atoms with E-state index < -0.39 is 17.4 Å². The summed E-state index contributed by atoms with van der Waals surface area (Å²) in [6.07, 6.45) is 5.57. The molecule has 0 aliphatic heterocycles. The summed E-state index contributed by atoms with van der Waals surface area (Å²) in [6, 6.07) is 7.74. The zero-order chi connectivity index (χ0) is 21.5. The Bertz CT molecular complexity index is 1500. The van der Waals surface area contributed by atoms with Crippen molar-refractivity contribution >= 4 is 39.4 Å². The first kappa shape index (κ1) is 19.1. The van der Waals surface area contributed by atoms with Gasteiger partial charge in [-0.05, 0) is 30.5 Å². The number of rotatable bonds is 4. The Kier molecular flexibility index (Phi) is 4.59. The highest BCUT2D eigenvalue weighted by Crippen LogP contribution is 2.28. The minimum Gasteiger partial charge on any atom is -0.360 e. The van der Waals surface area contributed by atoms with Gasteiger partial charge in [0.2, 0.25) is 0 Å². The highest BCUT2D eigenvalue weighted by atomic mass is 35.5. The molecule has 154 valence electrons. The minimum absolute atomic E-state index is 0.0329. The summed E-state index contributed by atoms with van der Waals surface area (Å²) in [5.74, 6) is -0.0933. The van der Waals surface area contributed by atoms with Crippen molar-refractivity contribution in [3.05, 3.63) is 82.3 Å². The number of H-pyrrole nitrogens is 1. The van der Waals surface area contributed by atoms with E-state index in [0.29, 0.717) is 38.5 Å². The van der Waals surface area contributed by atoms with Gasteiger partial charge in [-0.1, -0.05) is 23.7 Å². The Morgan fingerprint density at radius 3 is 2.94 bits per heavy atom. The summed E-state index contributed by atoms with van der Waals surface area (Å²) >= 11 is 6.31. The van der Waals surface area contributed by atoms with Crippen LogP contribution in [-0.4, -0.2) is 29.5 Å². The van der Waals surface area contributed by atoms with Crippen LogP contribution in [-0.2, 0) is 0 Å². The van der Waals surface area contributed by atoms with Gasteiger partial charge in [-0.15, -0.1) is 0 Å². The van der Waals surface area contributed by atoms with Crippen molar-refractivity contribution in [3.63, 3.8) is 0 Å². The van der Waals surface area contributed by atoms with Gasteiger partial charge in [-0.25, -0.2) is 19.3 Å². The highest BCUT2D eigenvalue weighted by molar-refractivity contribution is 6.35. The molecule has 0 bridgehead atoms. The predicted octanol–water partition coefficient (Wildman–Crippen LogP) is 4.02. The minimum atomic E-state index is -0.575. The van der Waals surface area contributed by atoms with Gasteiger partial charge in [-0.3, -0.25) is 14.3 Å². The molecule has 5 rings (SSSR count). The third kappa shape index (κ3) is 3.19. The molecule has 0 amide bonds. The lowest BCUT2D eigenvalue weighted by molar-refractivity contribution is 0.608. The maximum atomic E-state index is 14.7. The van der Waals surface area contributed by atoms with Crippen molar-refractivity contribution in [1.82, 2.24) is 29.5 Å². The number of pyridine rings is 2. The number of imidazole rings is 1. The number of hydrogen-bond donors (Lipinski definition) is 2. The first-order valence-corrected chi connectivity index (χ1v) is 9.77. The van der Waals surface area contributed by atoms with Crippen molar-refractivity contribution in [1.29, 1.82) is 0 Å². The van der Waals surface area contributed by atoms with Crippen LogP contribution in [0.1, 0.15) is 18.7 Å². The summed E-state index contributed by atoms with van der Waals surface area (Å²) in [7, 11) is 0. The van der Waals surface area contributed by atoms with Gasteiger partial charge in [0.25, 0.3) is 5.56 Å². The molecule has 10 heteroatoms. The molecule has 1 aromatic carbocycles. The number of halogens is 2. The fourth-order valence-corrected chi connectivity index (χ4v) is 3.85. The molecule has 0 unspecified atom stereocenters. The van der Waals surface area contributed by atoms with E-state index in [1.165, 1.54) is 35.7 Å². The van der Waals surface area contributed by atoms with Crippen LogP contribution in [0.4, 0.5) is 10.2 Å². The van der Waals surface area contributed by atoms with Crippen LogP contribution < -0.4 is 10.9 Å². The highest BCUT2D eigenvalue weighted by Gasteiger charge is 2.21. The zero-order valence-corrected chi connectivity index (χ0v) is 16.9. The lowest BCUT2D eigenvalue weighted by atomic mass is 10.1. The van der Waals surface area contributed by atoms with E-state index in [9.17, 15) is 9.18 Å². The van der Waals surface area contributed by atoms with Crippen LogP contribution in [0.25, 0.3) is 27.6 Å². The standard InChI is InChI=1S/C21H15ClFN7O/c1-11(29-20-18-19(26-9-25-18)27-10-28-20)15-7-12-3-2-4-13(22)17(12)21(31)30(15)16-8-24-6-5-14(16)23/h2-11H,1H3,(H2,25,26,27,28,29)/t11-/m0/s1. The van der Waals surface area contributed by atoms with E-state index in [1.807, 2.05) is 6.92 Å². The molecular weight excluding hydrogens is 421 g/mol. The largest absolute Gasteiger partial charge is 0.360 e. The monoisotopic (exact) mass is 435 g/mol. The number of nitrogens with zero attached hydrogens (tertiary/aromatic N) is 5. The average molecular weight is 436 g/mol. The van der Waals surface area contributed by atoms with Gasteiger partial charge >= 0.3 is 0 Å². The van der Waals surface area contributed by atoms with Crippen LogP contribution in [0.15, 0.2) is 60.2 Å². The maximum absolute atomic E-state index is 14.7. The van der Waals surface area contributed by atoms with Gasteiger partial charge in [0.05, 0.1) is 29.0 Å². The molecule has 5 aromatic rings. The summed E-state index contributed by atoms with van der Waals surface area (Å²) in [4.78, 5) is 33.0. The molecule has 0 radical (unpaired) electrons. The second-order valence-electron chi connectivity index (χ2n) is 6.93. The zero-order valence-electron chi connectivity index (χ0n) is 16.2. The summed E-state index contributed by atoms with van der Waals surface area (Å²) in [5.41, 5.74) is 1.23. The molecule has 2 N–H and O–H groups in total. The molecule has 4 aromatic heterocycles. The van der Waals surface area contributed by atoms with E-state index >= 15 is 0 Å². The second-order valence-corrected chi connectivity index (χ2v) is 7.34. The number of anilines is 1. The maximum Gasteiger partial charge on any atom is 0.264 e. The molecule has 0 aliphatic rings. The Hall–Kier alpha value is -3.85. The number of aromatic amines is 1. The van der Waals surface area contributed by atoms with Crippen molar-refractivity contribution in [3.8, 4) is 5.69 Å². The predicted molar refractivity (Wildman–Crippen MR) is 116 cm³/mol. The number of nitrogens with one attached hydrogen (secondary N) is 2. The number of aromatic nitrogens is 6. The van der Waals surface area contributed by atoms with E-state index in [-0.39, 0.29) is 5.69 Å². The van der Waals surface area contributed by atoms with Crippen molar-refractivity contribution in [2.24, 2.45) is 0 Å². The molecular formula is C21H15ClFN7O. The van der Waals surface area contributed by atoms with E-state index in [2.05, 4.69) is 30.2 Å². The summed E-state index contributed by atoms with van der Waals surface area (Å²) in [5, 5.41) is 4.50. The average Bonchev–Trinajstić information content (AvgIpc) is 3.24.